The summed E-state index contributed by atoms with van der Waals surface area (Å²) in [5.74, 6) is 1.13. The Bertz CT molecular complexity index is 1100. The van der Waals surface area contributed by atoms with E-state index in [1.807, 2.05) is 91.0 Å². The molecule has 0 aromatic heterocycles. The molecule has 0 unspecified atom stereocenters. The second-order valence-corrected chi connectivity index (χ2v) is 7.61. The van der Waals surface area contributed by atoms with Gasteiger partial charge in [0.1, 0.15) is 12.4 Å². The molecule has 148 valence electrons. The lowest BCUT2D eigenvalue weighted by molar-refractivity contribution is -0.114. The van der Waals surface area contributed by atoms with E-state index in [1.165, 1.54) is 5.01 Å². The number of hydrogen-bond donors (Lipinski definition) is 0. The summed E-state index contributed by atoms with van der Waals surface area (Å²) in [5.41, 5.74) is 4.50. The number of carbonyl (C=O) groups is 1. The molecule has 3 aromatic rings. The predicted molar refractivity (Wildman–Crippen MR) is 119 cm³/mol. The molecule has 30 heavy (non-hydrogen) atoms. The molecule has 5 rings (SSSR count). The molecule has 1 aliphatic carbocycles. The second-order valence-electron chi connectivity index (χ2n) is 7.61. The number of anilines is 1. The molecule has 0 saturated heterocycles. The van der Waals surface area contributed by atoms with E-state index < -0.39 is 0 Å². The molecule has 4 heteroatoms. The largest absolute Gasteiger partial charge is 0.489 e. The highest BCUT2D eigenvalue weighted by molar-refractivity contribution is 6.33. The first-order valence-electron chi connectivity index (χ1n) is 10.2. The predicted octanol–water partition coefficient (Wildman–Crippen LogP) is 5.46. The van der Waals surface area contributed by atoms with Crippen molar-refractivity contribution in [2.45, 2.75) is 19.4 Å². The third-order valence-corrected chi connectivity index (χ3v) is 5.31. The first-order chi connectivity index (χ1) is 14.8. The van der Waals surface area contributed by atoms with Gasteiger partial charge in [0.25, 0.3) is 5.91 Å². The highest BCUT2D eigenvalue weighted by atomic mass is 16.5. The minimum absolute atomic E-state index is 0.0625. The van der Waals surface area contributed by atoms with Crippen LogP contribution in [0.25, 0.3) is 6.08 Å². The van der Waals surface area contributed by atoms with Crippen molar-refractivity contribution in [1.29, 1.82) is 0 Å². The fourth-order valence-electron chi connectivity index (χ4n) is 3.54. The standard InChI is InChI=1S/C26H22N2O2/c29-26-24(25(21-13-14-21)27-28(26)22-9-5-2-6-10-22)17-19-11-15-23(16-12-19)30-18-20-7-3-1-4-8-20/h1-12,15-17,21H,13-14,18H2/b24-17+. The van der Waals surface area contributed by atoms with Crippen molar-refractivity contribution in [2.75, 3.05) is 5.01 Å². The van der Waals surface area contributed by atoms with Gasteiger partial charge < -0.3 is 4.74 Å². The molecule has 0 bridgehead atoms. The monoisotopic (exact) mass is 394 g/mol. The van der Waals surface area contributed by atoms with Crippen molar-refractivity contribution >= 4 is 23.4 Å². The number of benzene rings is 3. The zero-order valence-electron chi connectivity index (χ0n) is 16.6. The Kier molecular flexibility index (Phi) is 4.89. The normalized spacial score (nSPS) is 17.3. The van der Waals surface area contributed by atoms with Crippen LogP contribution in [0, 0.1) is 5.92 Å². The van der Waals surface area contributed by atoms with Crippen LogP contribution in [-0.4, -0.2) is 11.6 Å². The molecule has 0 atom stereocenters. The van der Waals surface area contributed by atoms with E-state index in [1.54, 1.807) is 0 Å². The number of rotatable bonds is 6. The number of carbonyl (C=O) groups excluding carboxylic acids is 1. The van der Waals surface area contributed by atoms with Gasteiger partial charge in [0.2, 0.25) is 0 Å². The Hall–Kier alpha value is -3.66. The van der Waals surface area contributed by atoms with E-state index >= 15 is 0 Å². The molecule has 1 amide bonds. The molecular formula is C26H22N2O2. The van der Waals surface area contributed by atoms with Crippen LogP contribution < -0.4 is 9.75 Å². The van der Waals surface area contributed by atoms with Gasteiger partial charge in [0.05, 0.1) is 17.0 Å². The van der Waals surface area contributed by atoms with Gasteiger partial charge >= 0.3 is 0 Å². The topological polar surface area (TPSA) is 41.9 Å². The third kappa shape index (κ3) is 3.90. The van der Waals surface area contributed by atoms with Crippen LogP contribution in [0.4, 0.5) is 5.69 Å². The average molecular weight is 394 g/mol. The summed E-state index contributed by atoms with van der Waals surface area (Å²) in [7, 11) is 0. The van der Waals surface area contributed by atoms with Gasteiger partial charge in [0, 0.05) is 5.92 Å². The molecule has 1 fully saturated rings. The molecule has 0 radical (unpaired) electrons. The van der Waals surface area contributed by atoms with Gasteiger partial charge in [-0.3, -0.25) is 4.79 Å². The van der Waals surface area contributed by atoms with E-state index in [9.17, 15) is 4.79 Å². The molecule has 1 heterocycles. The lowest BCUT2D eigenvalue weighted by Crippen LogP contribution is -2.21. The van der Waals surface area contributed by atoms with Crippen molar-refractivity contribution in [1.82, 2.24) is 0 Å². The number of nitrogens with zero attached hydrogens (tertiary/aromatic N) is 2. The van der Waals surface area contributed by atoms with Gasteiger partial charge in [-0.1, -0.05) is 60.7 Å². The number of hydrogen-bond acceptors (Lipinski definition) is 3. The summed E-state index contributed by atoms with van der Waals surface area (Å²) in [6.07, 6.45) is 4.14. The maximum Gasteiger partial charge on any atom is 0.280 e. The van der Waals surface area contributed by atoms with Crippen molar-refractivity contribution in [3.8, 4) is 5.75 Å². The van der Waals surface area contributed by atoms with E-state index in [0.29, 0.717) is 18.1 Å². The summed E-state index contributed by atoms with van der Waals surface area (Å²) >= 11 is 0. The van der Waals surface area contributed by atoms with E-state index in [2.05, 4.69) is 5.10 Å². The van der Waals surface area contributed by atoms with Crippen LogP contribution in [0.1, 0.15) is 24.0 Å². The summed E-state index contributed by atoms with van der Waals surface area (Å²) in [5, 5.41) is 6.19. The quantitative estimate of drug-likeness (QED) is 0.521. The lowest BCUT2D eigenvalue weighted by atomic mass is 10.0. The fraction of sp³-hybridized carbons (Fsp3) is 0.154. The Labute approximate surface area is 176 Å². The van der Waals surface area contributed by atoms with Crippen LogP contribution in [-0.2, 0) is 11.4 Å². The van der Waals surface area contributed by atoms with Gasteiger partial charge in [-0.05, 0) is 54.3 Å². The Balaban J connectivity index is 1.34. The molecule has 0 N–H and O–H groups in total. The van der Waals surface area contributed by atoms with E-state index in [4.69, 9.17) is 4.74 Å². The van der Waals surface area contributed by atoms with Crippen molar-refractivity contribution in [3.05, 3.63) is 102 Å². The van der Waals surface area contributed by atoms with Crippen LogP contribution in [0.2, 0.25) is 0 Å². The van der Waals surface area contributed by atoms with Gasteiger partial charge in [0.15, 0.2) is 0 Å². The summed E-state index contributed by atoms with van der Waals surface area (Å²) in [6, 6.07) is 27.5. The molecule has 1 aliphatic heterocycles. The maximum absolute atomic E-state index is 13.1. The first-order valence-corrected chi connectivity index (χ1v) is 10.2. The fourth-order valence-corrected chi connectivity index (χ4v) is 3.54. The summed E-state index contributed by atoms with van der Waals surface area (Å²) < 4.78 is 5.86. The number of amides is 1. The lowest BCUT2D eigenvalue weighted by Gasteiger charge is -2.11. The molecule has 1 saturated carbocycles. The first kappa shape index (κ1) is 18.4. The highest BCUT2D eigenvalue weighted by Gasteiger charge is 2.39. The number of hydrazone groups is 1. The van der Waals surface area contributed by atoms with E-state index in [0.717, 1.165) is 41.1 Å². The van der Waals surface area contributed by atoms with Crippen molar-refractivity contribution in [2.24, 2.45) is 11.0 Å². The Morgan fingerprint density at radius 1 is 0.900 bits per heavy atom. The average Bonchev–Trinajstić information content (AvgIpc) is 3.59. The van der Waals surface area contributed by atoms with Crippen molar-refractivity contribution in [3.63, 3.8) is 0 Å². The van der Waals surface area contributed by atoms with Gasteiger partial charge in [-0.25, -0.2) is 0 Å². The smallest absolute Gasteiger partial charge is 0.280 e. The van der Waals surface area contributed by atoms with Crippen LogP contribution in [0.3, 0.4) is 0 Å². The van der Waals surface area contributed by atoms with Crippen LogP contribution >= 0.6 is 0 Å². The minimum atomic E-state index is -0.0625. The SMILES string of the molecule is O=C1/C(=C/c2ccc(OCc3ccccc3)cc2)C(C2CC2)=NN1c1ccccc1. The maximum atomic E-state index is 13.1. The molecule has 4 nitrogen and oxygen atoms in total. The Morgan fingerprint density at radius 2 is 1.57 bits per heavy atom. The number of para-hydroxylation sites is 1. The van der Waals surface area contributed by atoms with E-state index in [-0.39, 0.29) is 5.91 Å². The van der Waals surface area contributed by atoms with Crippen LogP contribution in [0.15, 0.2) is 95.6 Å². The zero-order valence-corrected chi connectivity index (χ0v) is 16.6. The van der Waals surface area contributed by atoms with Crippen LogP contribution in [0.5, 0.6) is 5.75 Å². The molecule has 3 aromatic carbocycles. The second kappa shape index (κ2) is 7.99. The van der Waals surface area contributed by atoms with Gasteiger partial charge in [-0.15, -0.1) is 0 Å². The summed E-state index contributed by atoms with van der Waals surface area (Å²) in [4.78, 5) is 13.1. The highest BCUT2D eigenvalue weighted by Crippen LogP contribution is 2.38. The third-order valence-electron chi connectivity index (χ3n) is 5.31. The minimum Gasteiger partial charge on any atom is -0.489 e. The Morgan fingerprint density at radius 3 is 2.23 bits per heavy atom. The van der Waals surface area contributed by atoms with Gasteiger partial charge in [-0.2, -0.15) is 10.1 Å². The number of ether oxygens (including phenoxy) is 1. The summed E-state index contributed by atoms with van der Waals surface area (Å²) in [6.45, 7) is 0.532. The zero-order chi connectivity index (χ0) is 20.3. The van der Waals surface area contributed by atoms with Crippen molar-refractivity contribution < 1.29 is 9.53 Å². The molecule has 2 aliphatic rings. The molecular weight excluding hydrogens is 372 g/mol. The molecule has 0 spiro atoms.